The predicted molar refractivity (Wildman–Crippen MR) is 222 cm³/mol. The van der Waals surface area contributed by atoms with Gasteiger partial charge < -0.3 is 9.84 Å². The van der Waals surface area contributed by atoms with Gasteiger partial charge in [-0.1, -0.05) is 137 Å². The maximum absolute atomic E-state index is 11.9. The van der Waals surface area contributed by atoms with Gasteiger partial charge in [0.25, 0.3) is 0 Å². The molecule has 0 fully saturated rings. The Balaban J connectivity index is 0.000000407. The molecule has 1 aromatic heterocycles. The Morgan fingerprint density at radius 3 is 2.00 bits per heavy atom. The fraction of sp³-hybridized carbons (Fsp3) is 0.542. The Hall–Kier alpha value is -3.01. The quantitative estimate of drug-likeness (QED) is 0.0862. The number of carbonyl (C=O) groups is 1. The number of aliphatic hydroxyl groups is 1. The maximum Gasteiger partial charge on any atom is 0.162 e. The summed E-state index contributed by atoms with van der Waals surface area (Å²) >= 11 is 0. The predicted octanol–water partition coefficient (Wildman–Crippen LogP) is 14.0. The number of nitrogens with zero attached hydrogens (tertiary/aromatic N) is 1. The van der Waals surface area contributed by atoms with Crippen molar-refractivity contribution in [3.63, 3.8) is 0 Å². The van der Waals surface area contributed by atoms with Crippen molar-refractivity contribution in [2.75, 3.05) is 0 Å². The van der Waals surface area contributed by atoms with Gasteiger partial charge in [0.15, 0.2) is 5.78 Å². The molecule has 1 aliphatic heterocycles. The van der Waals surface area contributed by atoms with Gasteiger partial charge in [0.1, 0.15) is 11.5 Å². The summed E-state index contributed by atoms with van der Waals surface area (Å²) in [6, 6.07) is 14.7. The molecule has 291 valence electrons. The monoisotopic (exact) mass is 899 g/mol. The van der Waals surface area contributed by atoms with E-state index in [0.717, 1.165) is 94.7 Å². The third-order valence-corrected chi connectivity index (χ3v) is 10.4. The zero-order chi connectivity index (χ0) is 40.6. The zero-order valence-corrected chi connectivity index (χ0v) is 37.4. The summed E-state index contributed by atoms with van der Waals surface area (Å²) < 4.78 is 24.0. The van der Waals surface area contributed by atoms with Gasteiger partial charge >= 0.3 is 0 Å². The third kappa shape index (κ3) is 11.0. The minimum atomic E-state index is -0.248. The van der Waals surface area contributed by atoms with E-state index in [-0.39, 0.29) is 71.4 Å². The van der Waals surface area contributed by atoms with Crippen molar-refractivity contribution in [2.45, 2.75) is 142 Å². The standard InChI is InChI=1S/C34H40NO.C14H26O2.Ir/c1-32(2,3)18-21-10-11-25-24(14-21)17-26-30-29-23(12-13-35-30)15-22(19-33(4,5)6)16-28(29)36-31(26)27(25)20-34(7,8)9;1-6-11(7-2)12(15)10-13(16)14(5,8-3)9-4;/h10-16H,18-20H2,1-9H3;10-11,16H,6-9H2,1-5H3;/q-1;;/b;13-10-;/i12D,13D;;. The summed E-state index contributed by atoms with van der Waals surface area (Å²) in [6.07, 6.45) is 7.49. The number of benzene rings is 3. The number of aromatic nitrogens is 1. The van der Waals surface area contributed by atoms with E-state index in [1.807, 2.05) is 34.6 Å². The molecule has 3 aromatic carbocycles. The minimum Gasteiger partial charge on any atom is -0.512 e. The smallest absolute Gasteiger partial charge is 0.162 e. The molecular weight excluding hydrogens is 831 g/mol. The molecule has 5 heteroatoms. The fourth-order valence-corrected chi connectivity index (χ4v) is 7.16. The maximum atomic E-state index is 11.9. The van der Waals surface area contributed by atoms with Crippen LogP contribution in [-0.4, -0.2) is 15.9 Å². The van der Waals surface area contributed by atoms with E-state index >= 15 is 0 Å². The van der Waals surface area contributed by atoms with Gasteiger partial charge in [0, 0.05) is 54.8 Å². The van der Waals surface area contributed by atoms with Crippen LogP contribution in [0.5, 0.6) is 11.5 Å². The molecule has 0 aliphatic carbocycles. The summed E-state index contributed by atoms with van der Waals surface area (Å²) in [5.74, 6) is 1.89. The second-order valence-electron chi connectivity index (χ2n) is 18.9. The first-order valence-corrected chi connectivity index (χ1v) is 19.5. The number of aliphatic hydroxyl groups excluding tert-OH is 1. The number of hydrogen-bond acceptors (Lipinski definition) is 4. The SMILES string of the molecule is CCC(CC)C(=O)/C=C(\O)C(C)(CC)CC.[2H]c1nc2c3c(cc(CC(C)(C)C)cc3c1[2H])Oc1c-2[c-]c2cc(CC(C)(C)C)ccc2c1CC(C)(C)C.[Ir]. The zero-order valence-electron chi connectivity index (χ0n) is 37.0. The first kappa shape index (κ1) is 41.2. The van der Waals surface area contributed by atoms with Crippen LogP contribution in [0, 0.1) is 33.6 Å². The summed E-state index contributed by atoms with van der Waals surface area (Å²) in [5, 5.41) is 13.8. The van der Waals surface area contributed by atoms with Gasteiger partial charge in [-0.2, -0.15) is 0 Å². The number of ketones is 1. The Morgan fingerprint density at radius 1 is 0.868 bits per heavy atom. The number of allylic oxidation sites excluding steroid dienone is 2. The van der Waals surface area contributed by atoms with Crippen molar-refractivity contribution in [3.8, 4) is 22.8 Å². The van der Waals surface area contributed by atoms with Crippen LogP contribution in [-0.2, 0) is 44.2 Å². The van der Waals surface area contributed by atoms with E-state index in [1.165, 1.54) is 11.6 Å². The molecule has 0 atom stereocenters. The first-order chi connectivity index (χ1) is 24.9. The molecule has 0 spiro atoms. The van der Waals surface area contributed by atoms with Crippen molar-refractivity contribution in [3.05, 3.63) is 77.1 Å². The first-order valence-electron chi connectivity index (χ1n) is 20.5. The molecule has 5 rings (SSSR count). The molecular formula is C48H66IrNO3-. The fourth-order valence-electron chi connectivity index (χ4n) is 7.16. The summed E-state index contributed by atoms with van der Waals surface area (Å²) in [6.45, 7) is 30.3. The van der Waals surface area contributed by atoms with Crippen LogP contribution in [0.1, 0.15) is 142 Å². The van der Waals surface area contributed by atoms with Crippen LogP contribution in [0.25, 0.3) is 32.8 Å². The van der Waals surface area contributed by atoms with E-state index in [4.69, 9.17) is 7.48 Å². The van der Waals surface area contributed by atoms with Gasteiger partial charge in [-0.15, -0.1) is 17.5 Å². The van der Waals surface area contributed by atoms with Gasteiger partial charge in [-0.25, -0.2) is 0 Å². The molecule has 2 heterocycles. The van der Waals surface area contributed by atoms with Gasteiger partial charge in [-0.3, -0.25) is 9.78 Å². The van der Waals surface area contributed by atoms with Crippen molar-refractivity contribution in [2.24, 2.45) is 27.6 Å². The average Bonchev–Trinajstić information content (AvgIpc) is 3.05. The molecule has 4 aromatic rings. The molecule has 53 heavy (non-hydrogen) atoms. The Kier molecular flexibility index (Phi) is 13.4. The molecule has 1 radical (unpaired) electrons. The number of rotatable bonds is 10. The number of ether oxygens (including phenoxy) is 1. The van der Waals surface area contributed by atoms with Crippen LogP contribution >= 0.6 is 0 Å². The number of pyridine rings is 1. The Morgan fingerprint density at radius 2 is 1.45 bits per heavy atom. The van der Waals surface area contributed by atoms with E-state index in [1.54, 1.807) is 0 Å². The van der Waals surface area contributed by atoms with Gasteiger partial charge in [0.2, 0.25) is 0 Å². The normalized spacial score (nSPS) is 13.8. The topological polar surface area (TPSA) is 59.4 Å². The molecule has 0 saturated heterocycles. The van der Waals surface area contributed by atoms with Crippen LogP contribution in [0.2, 0.25) is 0 Å². The van der Waals surface area contributed by atoms with E-state index in [0.29, 0.717) is 5.69 Å². The van der Waals surface area contributed by atoms with E-state index in [9.17, 15) is 9.90 Å². The second kappa shape index (κ2) is 17.2. The second-order valence-corrected chi connectivity index (χ2v) is 18.9. The Bertz CT molecular complexity index is 2040. The number of carbonyl (C=O) groups excluding carboxylic acids is 1. The van der Waals surface area contributed by atoms with Crippen molar-refractivity contribution >= 4 is 27.3 Å². The van der Waals surface area contributed by atoms with Gasteiger partial charge in [-0.05, 0) is 84.2 Å². The largest absolute Gasteiger partial charge is 0.512 e. The van der Waals surface area contributed by atoms with Gasteiger partial charge in [0.05, 0.1) is 8.49 Å². The molecule has 0 bridgehead atoms. The number of hydrogen-bond donors (Lipinski definition) is 1. The van der Waals surface area contributed by atoms with Crippen LogP contribution in [0.15, 0.2) is 54.4 Å². The molecule has 4 nitrogen and oxygen atoms in total. The minimum absolute atomic E-state index is 0. The average molecular weight is 899 g/mol. The molecule has 0 amide bonds. The van der Waals surface area contributed by atoms with Crippen molar-refractivity contribution in [1.29, 1.82) is 0 Å². The molecule has 1 N–H and O–H groups in total. The molecule has 1 aliphatic rings. The summed E-state index contributed by atoms with van der Waals surface area (Å²) in [5.41, 5.74) is 5.13. The Labute approximate surface area is 337 Å². The number of fused-ring (bicyclic) bond motifs is 3. The summed E-state index contributed by atoms with van der Waals surface area (Å²) in [4.78, 5) is 16.5. The summed E-state index contributed by atoms with van der Waals surface area (Å²) in [7, 11) is 0. The van der Waals surface area contributed by atoms with Crippen LogP contribution < -0.4 is 4.74 Å². The van der Waals surface area contributed by atoms with Crippen LogP contribution in [0.4, 0.5) is 0 Å². The van der Waals surface area contributed by atoms with Crippen LogP contribution in [0.3, 0.4) is 0 Å². The van der Waals surface area contributed by atoms with E-state index < -0.39 is 0 Å². The third-order valence-electron chi connectivity index (χ3n) is 10.4. The van der Waals surface area contributed by atoms with E-state index in [2.05, 4.69) is 104 Å². The molecule has 0 saturated carbocycles. The van der Waals surface area contributed by atoms with Crippen molar-refractivity contribution in [1.82, 2.24) is 4.98 Å². The van der Waals surface area contributed by atoms with Crippen molar-refractivity contribution < 1.29 is 37.5 Å². The molecule has 0 unspecified atom stereocenters.